The van der Waals surface area contributed by atoms with Gasteiger partial charge in [0.1, 0.15) is 11.6 Å². The van der Waals surface area contributed by atoms with Crippen molar-refractivity contribution < 1.29 is 22.3 Å². The molecule has 0 amide bonds. The summed E-state index contributed by atoms with van der Waals surface area (Å²) in [5, 5.41) is -3.27. The molecule has 6 heteroatoms. The molecule has 1 aromatic rings. The Bertz CT molecular complexity index is 483. The lowest BCUT2D eigenvalue weighted by molar-refractivity contribution is 0.00768. The zero-order valence-electron chi connectivity index (χ0n) is 9.26. The lowest BCUT2D eigenvalue weighted by Crippen LogP contribution is -2.33. The Kier molecular flexibility index (Phi) is 2.64. The molecule has 1 atom stereocenters. The molecule has 0 aromatic heterocycles. The van der Waals surface area contributed by atoms with Gasteiger partial charge < -0.3 is 4.74 Å². The molecule has 0 spiro atoms. The number of halogens is 4. The first-order chi connectivity index (χ1) is 8.45. The van der Waals surface area contributed by atoms with Crippen LogP contribution in [0.5, 0.6) is 0 Å². The summed E-state index contributed by atoms with van der Waals surface area (Å²) in [6.45, 7) is -0.234. The minimum Gasteiger partial charge on any atom is -0.357 e. The lowest BCUT2D eigenvalue weighted by atomic mass is 9.99. The third kappa shape index (κ3) is 1.91. The van der Waals surface area contributed by atoms with E-state index in [1.807, 2.05) is 0 Å². The van der Waals surface area contributed by atoms with Gasteiger partial charge in [-0.1, -0.05) is 11.8 Å². The molecule has 1 nitrogen and oxygen atoms in total. The number of benzene rings is 1. The summed E-state index contributed by atoms with van der Waals surface area (Å²) >= 11 is 0.526. The van der Waals surface area contributed by atoms with Gasteiger partial charge in [-0.2, -0.15) is 8.78 Å². The van der Waals surface area contributed by atoms with Gasteiger partial charge in [-0.25, -0.2) is 8.78 Å². The topological polar surface area (TPSA) is 12.5 Å². The van der Waals surface area contributed by atoms with E-state index in [-0.39, 0.29) is 17.4 Å². The standard InChI is InChI=1S/C12H10F4OS/c13-7-1-4-9(10(14)5-7)11(6-17-11)12(15,16)18-8-2-3-8/h1,4-5,8H,2-3,6H2. The molecule has 1 aliphatic heterocycles. The van der Waals surface area contributed by atoms with Gasteiger partial charge in [0.05, 0.1) is 6.61 Å². The van der Waals surface area contributed by atoms with E-state index in [0.717, 1.165) is 25.0 Å². The zero-order valence-corrected chi connectivity index (χ0v) is 10.1. The van der Waals surface area contributed by atoms with Crippen LogP contribution in [-0.4, -0.2) is 17.1 Å². The first kappa shape index (κ1) is 12.3. The summed E-state index contributed by atoms with van der Waals surface area (Å²) in [4.78, 5) is 0. The minimum atomic E-state index is -3.19. The fourth-order valence-corrected chi connectivity index (χ4v) is 3.07. The number of rotatable bonds is 4. The monoisotopic (exact) mass is 278 g/mol. The van der Waals surface area contributed by atoms with Gasteiger partial charge in [-0.05, 0) is 25.0 Å². The fraction of sp³-hybridized carbons (Fsp3) is 0.500. The summed E-state index contributed by atoms with van der Waals surface area (Å²) in [6, 6.07) is 2.62. The molecule has 2 fully saturated rings. The molecule has 0 N–H and O–H groups in total. The average Bonchev–Trinajstić information content (AvgIpc) is 3.08. The number of hydrogen-bond acceptors (Lipinski definition) is 2. The van der Waals surface area contributed by atoms with Crippen LogP contribution in [0.1, 0.15) is 18.4 Å². The summed E-state index contributed by atoms with van der Waals surface area (Å²) in [5.41, 5.74) is -2.18. The van der Waals surface area contributed by atoms with Crippen LogP contribution in [0.15, 0.2) is 18.2 Å². The molecule has 1 aliphatic carbocycles. The Morgan fingerprint density at radius 2 is 1.94 bits per heavy atom. The van der Waals surface area contributed by atoms with Crippen molar-refractivity contribution in [3.8, 4) is 0 Å². The summed E-state index contributed by atoms with van der Waals surface area (Å²) in [7, 11) is 0. The van der Waals surface area contributed by atoms with E-state index in [1.165, 1.54) is 0 Å². The van der Waals surface area contributed by atoms with Gasteiger partial charge in [0, 0.05) is 16.9 Å². The van der Waals surface area contributed by atoms with Crippen LogP contribution in [0, 0.1) is 11.6 Å². The molecule has 1 saturated carbocycles. The highest BCUT2D eigenvalue weighted by atomic mass is 32.2. The van der Waals surface area contributed by atoms with Crippen molar-refractivity contribution in [1.82, 2.24) is 0 Å². The van der Waals surface area contributed by atoms with Crippen molar-refractivity contribution >= 4 is 11.8 Å². The summed E-state index contributed by atoms with van der Waals surface area (Å²) < 4.78 is 59.5. The van der Waals surface area contributed by atoms with Crippen LogP contribution in [-0.2, 0) is 10.3 Å². The van der Waals surface area contributed by atoms with E-state index in [9.17, 15) is 17.6 Å². The van der Waals surface area contributed by atoms with Crippen LogP contribution in [0.25, 0.3) is 0 Å². The van der Waals surface area contributed by atoms with E-state index in [4.69, 9.17) is 4.74 Å². The van der Waals surface area contributed by atoms with Gasteiger partial charge in [0.25, 0.3) is 0 Å². The summed E-state index contributed by atoms with van der Waals surface area (Å²) in [5.74, 6) is -1.77. The minimum absolute atomic E-state index is 0.0791. The highest BCUT2D eigenvalue weighted by Crippen LogP contribution is 2.60. The fourth-order valence-electron chi connectivity index (χ4n) is 1.86. The first-order valence-corrected chi connectivity index (χ1v) is 6.48. The number of alkyl halides is 2. The van der Waals surface area contributed by atoms with Crippen LogP contribution in [0.4, 0.5) is 17.6 Å². The predicted octanol–water partition coefficient (Wildman–Crippen LogP) is 3.68. The van der Waals surface area contributed by atoms with Gasteiger partial charge in [-0.15, -0.1) is 0 Å². The SMILES string of the molecule is Fc1ccc(C2(C(F)(F)SC3CC3)CO2)c(F)c1. The van der Waals surface area contributed by atoms with Crippen molar-refractivity contribution in [3.63, 3.8) is 0 Å². The van der Waals surface area contributed by atoms with Gasteiger partial charge in [0.2, 0.25) is 0 Å². The molecule has 2 aliphatic rings. The second-order valence-corrected chi connectivity index (χ2v) is 5.99. The predicted molar refractivity (Wildman–Crippen MR) is 59.5 cm³/mol. The van der Waals surface area contributed by atoms with Crippen molar-refractivity contribution in [2.24, 2.45) is 0 Å². The maximum absolute atomic E-state index is 14.1. The molecule has 0 bridgehead atoms. The van der Waals surface area contributed by atoms with Gasteiger partial charge in [-0.3, -0.25) is 0 Å². The average molecular weight is 278 g/mol. The lowest BCUT2D eigenvalue weighted by Gasteiger charge is -2.23. The summed E-state index contributed by atoms with van der Waals surface area (Å²) in [6.07, 6.45) is 1.50. The number of epoxide rings is 1. The second-order valence-electron chi connectivity index (χ2n) is 4.57. The highest BCUT2D eigenvalue weighted by Gasteiger charge is 2.68. The Hall–Kier alpha value is -0.750. The quantitative estimate of drug-likeness (QED) is 0.615. The number of ether oxygens (including phenoxy) is 1. The molecule has 1 saturated heterocycles. The number of thioether (sulfide) groups is 1. The van der Waals surface area contributed by atoms with Crippen LogP contribution in [0.3, 0.4) is 0 Å². The van der Waals surface area contributed by atoms with E-state index in [2.05, 4.69) is 0 Å². The van der Waals surface area contributed by atoms with Crippen LogP contribution in [0.2, 0.25) is 0 Å². The van der Waals surface area contributed by atoms with Gasteiger partial charge in [0.15, 0.2) is 5.60 Å². The van der Waals surface area contributed by atoms with Crippen molar-refractivity contribution in [1.29, 1.82) is 0 Å². The molecule has 1 unspecified atom stereocenters. The maximum Gasteiger partial charge on any atom is 0.329 e. The molecular formula is C12H10F4OS. The van der Waals surface area contributed by atoms with Crippen molar-refractivity contribution in [3.05, 3.63) is 35.4 Å². The molecular weight excluding hydrogens is 268 g/mol. The normalized spacial score (nSPS) is 27.3. The highest BCUT2D eigenvalue weighted by molar-refractivity contribution is 8.01. The largest absolute Gasteiger partial charge is 0.357 e. The molecule has 1 heterocycles. The third-order valence-corrected chi connectivity index (χ3v) is 4.54. The van der Waals surface area contributed by atoms with Crippen LogP contribution >= 0.6 is 11.8 Å². The Morgan fingerprint density at radius 3 is 2.44 bits per heavy atom. The van der Waals surface area contributed by atoms with Crippen LogP contribution < -0.4 is 0 Å². The molecule has 3 rings (SSSR count). The second kappa shape index (κ2) is 3.87. The first-order valence-electron chi connectivity index (χ1n) is 5.60. The third-order valence-electron chi connectivity index (χ3n) is 3.11. The van der Waals surface area contributed by atoms with Crippen molar-refractivity contribution in [2.45, 2.75) is 28.9 Å². The van der Waals surface area contributed by atoms with E-state index < -0.39 is 22.5 Å². The molecule has 18 heavy (non-hydrogen) atoms. The van der Waals surface area contributed by atoms with E-state index in [0.29, 0.717) is 17.8 Å². The zero-order chi connectivity index (χ0) is 13.0. The number of hydrogen-bond donors (Lipinski definition) is 0. The van der Waals surface area contributed by atoms with E-state index in [1.54, 1.807) is 0 Å². The Balaban J connectivity index is 1.93. The molecule has 0 radical (unpaired) electrons. The van der Waals surface area contributed by atoms with Crippen molar-refractivity contribution in [2.75, 3.05) is 6.61 Å². The molecule has 98 valence electrons. The smallest absolute Gasteiger partial charge is 0.329 e. The Morgan fingerprint density at radius 1 is 1.28 bits per heavy atom. The Labute approximate surface area is 106 Å². The molecule has 1 aromatic carbocycles. The van der Waals surface area contributed by atoms with E-state index >= 15 is 0 Å². The maximum atomic E-state index is 14.1. The van der Waals surface area contributed by atoms with Gasteiger partial charge >= 0.3 is 5.25 Å².